The fourth-order valence-electron chi connectivity index (χ4n) is 3.40. The summed E-state index contributed by atoms with van der Waals surface area (Å²) in [5, 5.41) is 10.1. The van der Waals surface area contributed by atoms with Crippen molar-refractivity contribution in [2.75, 3.05) is 0 Å². The molecule has 0 aliphatic heterocycles. The van der Waals surface area contributed by atoms with Gasteiger partial charge in [0.2, 0.25) is 10.0 Å². The molecule has 0 fully saturated rings. The zero-order chi connectivity index (χ0) is 21.8. The molecule has 0 aliphatic carbocycles. The summed E-state index contributed by atoms with van der Waals surface area (Å²) in [6, 6.07) is 19.2. The van der Waals surface area contributed by atoms with Gasteiger partial charge in [0.15, 0.2) is 0 Å². The Balaban J connectivity index is 1.73. The Kier molecular flexibility index (Phi) is 5.83. The summed E-state index contributed by atoms with van der Waals surface area (Å²) in [6.07, 6.45) is 2.61. The molecule has 4 aromatic rings. The van der Waals surface area contributed by atoms with E-state index in [1.165, 1.54) is 22.8 Å². The number of furan rings is 1. The van der Waals surface area contributed by atoms with Crippen LogP contribution in [0.2, 0.25) is 0 Å². The lowest BCUT2D eigenvalue weighted by Gasteiger charge is -2.22. The summed E-state index contributed by atoms with van der Waals surface area (Å²) >= 11 is 0. The van der Waals surface area contributed by atoms with Crippen LogP contribution in [0.4, 0.5) is 0 Å². The third-order valence-corrected chi connectivity index (χ3v) is 6.66. The second-order valence-corrected chi connectivity index (χ2v) is 8.99. The summed E-state index contributed by atoms with van der Waals surface area (Å²) in [5.74, 6) is -0.490. The number of carbonyl (C=O) groups is 1. The van der Waals surface area contributed by atoms with Crippen LogP contribution >= 0.6 is 0 Å². The molecule has 0 amide bonds. The molecule has 2 heterocycles. The topological polar surface area (TPSA) is 101 Å². The largest absolute Gasteiger partial charge is 0.481 e. The fourth-order valence-corrected chi connectivity index (χ4v) is 4.75. The van der Waals surface area contributed by atoms with Gasteiger partial charge < -0.3 is 9.52 Å². The highest BCUT2D eigenvalue weighted by Gasteiger charge is 2.27. The van der Waals surface area contributed by atoms with Gasteiger partial charge in [-0.15, -0.1) is 0 Å². The molecule has 7 nitrogen and oxygen atoms in total. The standard InChI is InChI=1S/C23H20N2O5S/c26-23(27)13-17-6-1-2-8-19(17)15-25(31(28,29)21-9-5-11-24-14-21)16-20-12-18-7-3-4-10-22(18)30-20/h1-12,14H,13,15-16H2,(H,26,27). The van der Waals surface area contributed by atoms with Crippen molar-refractivity contribution in [2.24, 2.45) is 0 Å². The third kappa shape index (κ3) is 4.65. The van der Waals surface area contributed by atoms with Crippen LogP contribution in [0.15, 0.2) is 88.4 Å². The molecule has 2 aromatic heterocycles. The molecular formula is C23H20N2O5S. The first-order valence-electron chi connectivity index (χ1n) is 9.60. The van der Waals surface area contributed by atoms with E-state index in [0.717, 1.165) is 5.39 Å². The van der Waals surface area contributed by atoms with Gasteiger partial charge in [-0.2, -0.15) is 4.31 Å². The van der Waals surface area contributed by atoms with Crippen molar-refractivity contribution in [1.82, 2.24) is 9.29 Å². The van der Waals surface area contributed by atoms with Crippen LogP contribution in [0.3, 0.4) is 0 Å². The minimum atomic E-state index is -3.92. The number of sulfonamides is 1. The Morgan fingerprint density at radius 1 is 0.968 bits per heavy atom. The molecule has 0 bridgehead atoms. The lowest BCUT2D eigenvalue weighted by atomic mass is 10.0. The molecule has 0 spiro atoms. The second kappa shape index (κ2) is 8.71. The van der Waals surface area contributed by atoms with Gasteiger partial charge in [-0.25, -0.2) is 8.42 Å². The highest BCUT2D eigenvalue weighted by molar-refractivity contribution is 7.89. The lowest BCUT2D eigenvalue weighted by Crippen LogP contribution is -2.30. The minimum absolute atomic E-state index is 0.00226. The van der Waals surface area contributed by atoms with Crippen LogP contribution in [0.25, 0.3) is 11.0 Å². The van der Waals surface area contributed by atoms with Crippen molar-refractivity contribution < 1.29 is 22.7 Å². The lowest BCUT2D eigenvalue weighted by molar-refractivity contribution is -0.136. The summed E-state index contributed by atoms with van der Waals surface area (Å²) in [4.78, 5) is 15.2. The highest BCUT2D eigenvalue weighted by atomic mass is 32.2. The average Bonchev–Trinajstić information content (AvgIpc) is 3.17. The van der Waals surface area contributed by atoms with Gasteiger partial charge in [0, 0.05) is 24.3 Å². The zero-order valence-corrected chi connectivity index (χ0v) is 17.3. The van der Waals surface area contributed by atoms with Crippen LogP contribution in [0.1, 0.15) is 16.9 Å². The van der Waals surface area contributed by atoms with Crippen LogP contribution in [0, 0.1) is 0 Å². The maximum Gasteiger partial charge on any atom is 0.307 e. The maximum atomic E-state index is 13.4. The Morgan fingerprint density at radius 3 is 2.42 bits per heavy atom. The summed E-state index contributed by atoms with van der Waals surface area (Å²) < 4.78 is 34.0. The van der Waals surface area contributed by atoms with Crippen molar-refractivity contribution in [3.8, 4) is 0 Å². The van der Waals surface area contributed by atoms with E-state index in [4.69, 9.17) is 4.42 Å². The number of aromatic nitrogens is 1. The minimum Gasteiger partial charge on any atom is -0.481 e. The normalized spacial score (nSPS) is 11.8. The molecule has 8 heteroatoms. The molecule has 0 radical (unpaired) electrons. The summed E-state index contributed by atoms with van der Waals surface area (Å²) in [5.41, 5.74) is 1.85. The highest BCUT2D eigenvalue weighted by Crippen LogP contribution is 2.25. The Labute approximate surface area is 179 Å². The van der Waals surface area contributed by atoms with Gasteiger partial charge in [-0.05, 0) is 35.4 Å². The SMILES string of the molecule is O=C(O)Cc1ccccc1CN(Cc1cc2ccccc2o1)S(=O)(=O)c1cccnc1. The number of hydrogen-bond acceptors (Lipinski definition) is 5. The molecule has 0 atom stereocenters. The van der Waals surface area contributed by atoms with Gasteiger partial charge >= 0.3 is 5.97 Å². The Hall–Kier alpha value is -3.49. The van der Waals surface area contributed by atoms with E-state index in [1.807, 2.05) is 30.3 Å². The first-order chi connectivity index (χ1) is 14.9. The van der Waals surface area contributed by atoms with Gasteiger partial charge in [-0.3, -0.25) is 9.78 Å². The molecule has 2 aromatic carbocycles. The van der Waals surface area contributed by atoms with Crippen molar-refractivity contribution in [3.05, 3.63) is 96.0 Å². The van der Waals surface area contributed by atoms with Crippen molar-refractivity contribution in [3.63, 3.8) is 0 Å². The number of carboxylic acid groups (broad SMARTS) is 1. The summed E-state index contributed by atoms with van der Waals surface area (Å²) in [6.45, 7) is -0.00889. The number of nitrogens with zero attached hydrogens (tertiary/aromatic N) is 2. The van der Waals surface area contributed by atoms with E-state index in [-0.39, 0.29) is 24.4 Å². The monoisotopic (exact) mass is 436 g/mol. The van der Waals surface area contributed by atoms with Gasteiger partial charge in [0.25, 0.3) is 0 Å². The number of aliphatic carboxylic acids is 1. The van der Waals surface area contributed by atoms with Gasteiger partial charge in [0.1, 0.15) is 16.2 Å². The molecule has 4 rings (SSSR count). The van der Waals surface area contributed by atoms with Gasteiger partial charge in [0.05, 0.1) is 13.0 Å². The smallest absolute Gasteiger partial charge is 0.307 e. The van der Waals surface area contributed by atoms with E-state index >= 15 is 0 Å². The van der Waals surface area contributed by atoms with Crippen molar-refractivity contribution in [2.45, 2.75) is 24.4 Å². The second-order valence-electron chi connectivity index (χ2n) is 7.05. The molecule has 31 heavy (non-hydrogen) atoms. The number of benzene rings is 2. The van der Waals surface area contributed by atoms with Crippen LogP contribution < -0.4 is 0 Å². The Bertz CT molecular complexity index is 1280. The van der Waals surface area contributed by atoms with E-state index in [9.17, 15) is 18.3 Å². The van der Waals surface area contributed by atoms with Crippen molar-refractivity contribution in [1.29, 1.82) is 0 Å². The molecule has 1 N–H and O–H groups in total. The fraction of sp³-hybridized carbons (Fsp3) is 0.130. The maximum absolute atomic E-state index is 13.4. The average molecular weight is 436 g/mol. The van der Waals surface area contributed by atoms with Crippen LogP contribution in [0.5, 0.6) is 0 Å². The van der Waals surface area contributed by atoms with Crippen LogP contribution in [-0.4, -0.2) is 28.8 Å². The van der Waals surface area contributed by atoms with E-state index in [1.54, 1.807) is 30.3 Å². The number of para-hydroxylation sites is 1. The quantitative estimate of drug-likeness (QED) is 0.450. The number of carboxylic acids is 1. The first kappa shape index (κ1) is 20.8. The predicted molar refractivity (Wildman–Crippen MR) is 115 cm³/mol. The van der Waals surface area contributed by atoms with Crippen LogP contribution in [-0.2, 0) is 34.3 Å². The Morgan fingerprint density at radius 2 is 1.71 bits per heavy atom. The molecule has 0 aliphatic rings. The van der Waals surface area contributed by atoms with Gasteiger partial charge in [-0.1, -0.05) is 42.5 Å². The number of fused-ring (bicyclic) bond motifs is 1. The zero-order valence-electron chi connectivity index (χ0n) is 16.5. The molecule has 158 valence electrons. The predicted octanol–water partition coefficient (Wildman–Crippen LogP) is 3.85. The third-order valence-electron chi connectivity index (χ3n) is 4.89. The summed E-state index contributed by atoms with van der Waals surface area (Å²) in [7, 11) is -3.92. The first-order valence-corrected chi connectivity index (χ1v) is 11.0. The van der Waals surface area contributed by atoms with E-state index in [2.05, 4.69) is 4.98 Å². The van der Waals surface area contributed by atoms with Crippen molar-refractivity contribution >= 4 is 27.0 Å². The molecule has 0 saturated carbocycles. The molecule has 0 unspecified atom stereocenters. The number of pyridine rings is 1. The van der Waals surface area contributed by atoms with E-state index < -0.39 is 16.0 Å². The molecular weight excluding hydrogens is 416 g/mol. The number of rotatable bonds is 8. The number of hydrogen-bond donors (Lipinski definition) is 1. The molecule has 0 saturated heterocycles. The van der Waals surface area contributed by atoms with E-state index in [0.29, 0.717) is 22.5 Å².